The Labute approximate surface area is 192 Å². The van der Waals surface area contributed by atoms with Gasteiger partial charge in [-0.3, -0.25) is 4.79 Å². The number of nitrogens with one attached hydrogen (secondary N) is 3. The molecule has 4 rings (SSSR count). The summed E-state index contributed by atoms with van der Waals surface area (Å²) in [6, 6.07) is 21.4. The second-order valence-electron chi connectivity index (χ2n) is 7.74. The first-order valence-corrected chi connectivity index (χ1v) is 11.0. The van der Waals surface area contributed by atoms with Gasteiger partial charge in [0.05, 0.1) is 0 Å². The van der Waals surface area contributed by atoms with Gasteiger partial charge in [-0.25, -0.2) is 0 Å². The fourth-order valence-electron chi connectivity index (χ4n) is 3.59. The number of hydrogen-bond acceptors (Lipinski definition) is 3. The SMILES string of the molecule is Cc1ccc(NC(=O)COc2ccc(Cl)cc2CNCCc2c[nH]c3ccccc23)cc1. The van der Waals surface area contributed by atoms with Crippen molar-refractivity contribution in [2.75, 3.05) is 18.5 Å². The van der Waals surface area contributed by atoms with Crippen LogP contribution in [-0.4, -0.2) is 24.0 Å². The normalized spacial score (nSPS) is 10.9. The fourth-order valence-corrected chi connectivity index (χ4v) is 3.78. The van der Waals surface area contributed by atoms with Crippen molar-refractivity contribution in [3.05, 3.63) is 94.6 Å². The number of carbonyl (C=O) groups is 1. The number of aromatic amines is 1. The highest BCUT2D eigenvalue weighted by Crippen LogP contribution is 2.23. The second kappa shape index (κ2) is 10.4. The number of aromatic nitrogens is 1. The van der Waals surface area contributed by atoms with Gasteiger partial charge in [0, 0.05) is 39.9 Å². The summed E-state index contributed by atoms with van der Waals surface area (Å²) in [5.41, 5.74) is 5.24. The molecule has 0 aliphatic carbocycles. The summed E-state index contributed by atoms with van der Waals surface area (Å²) in [6.45, 7) is 3.34. The number of fused-ring (bicyclic) bond motifs is 1. The summed E-state index contributed by atoms with van der Waals surface area (Å²) in [5, 5.41) is 8.18. The predicted octanol–water partition coefficient (Wildman–Crippen LogP) is 5.48. The smallest absolute Gasteiger partial charge is 0.262 e. The van der Waals surface area contributed by atoms with E-state index in [-0.39, 0.29) is 12.5 Å². The van der Waals surface area contributed by atoms with Gasteiger partial charge in [-0.2, -0.15) is 0 Å². The van der Waals surface area contributed by atoms with Crippen LogP contribution in [0.15, 0.2) is 72.9 Å². The van der Waals surface area contributed by atoms with Crippen molar-refractivity contribution in [3.63, 3.8) is 0 Å². The number of hydrogen-bond donors (Lipinski definition) is 3. The molecular formula is C26H26ClN3O2. The number of ether oxygens (including phenoxy) is 1. The Balaban J connectivity index is 1.30. The first-order chi connectivity index (χ1) is 15.6. The standard InChI is InChI=1S/C26H26ClN3O2/c1-18-6-9-22(10-7-18)30-26(31)17-32-25-11-8-21(27)14-20(25)15-28-13-12-19-16-29-24-5-3-2-4-23(19)24/h2-11,14,16,28-29H,12-13,15,17H2,1H3,(H,30,31). The highest BCUT2D eigenvalue weighted by atomic mass is 35.5. The van der Waals surface area contributed by atoms with Gasteiger partial charge in [0.15, 0.2) is 6.61 Å². The molecule has 0 aliphatic rings. The summed E-state index contributed by atoms with van der Waals surface area (Å²) >= 11 is 6.19. The van der Waals surface area contributed by atoms with Gasteiger partial charge in [0.25, 0.3) is 5.91 Å². The number of carbonyl (C=O) groups excluding carboxylic acids is 1. The molecule has 1 heterocycles. The van der Waals surface area contributed by atoms with Gasteiger partial charge in [0.2, 0.25) is 0 Å². The van der Waals surface area contributed by atoms with E-state index in [0.717, 1.165) is 35.3 Å². The van der Waals surface area contributed by atoms with Crippen LogP contribution in [0.5, 0.6) is 5.75 Å². The average Bonchev–Trinajstić information content (AvgIpc) is 3.21. The highest BCUT2D eigenvalue weighted by Gasteiger charge is 2.09. The maximum absolute atomic E-state index is 12.3. The van der Waals surface area contributed by atoms with Crippen LogP contribution in [0.3, 0.4) is 0 Å². The van der Waals surface area contributed by atoms with E-state index in [2.05, 4.69) is 40.0 Å². The number of anilines is 1. The van der Waals surface area contributed by atoms with Crippen LogP contribution < -0.4 is 15.4 Å². The maximum atomic E-state index is 12.3. The van der Waals surface area contributed by atoms with Crippen LogP contribution >= 0.6 is 11.6 Å². The minimum atomic E-state index is -0.206. The molecule has 5 nitrogen and oxygen atoms in total. The van der Waals surface area contributed by atoms with Crippen molar-refractivity contribution >= 4 is 34.1 Å². The van der Waals surface area contributed by atoms with Gasteiger partial charge in [-0.05, 0) is 61.9 Å². The lowest BCUT2D eigenvalue weighted by atomic mass is 10.1. The quantitative estimate of drug-likeness (QED) is 0.298. The molecular weight excluding hydrogens is 422 g/mol. The lowest BCUT2D eigenvalue weighted by Gasteiger charge is -2.13. The van der Waals surface area contributed by atoms with E-state index < -0.39 is 0 Å². The van der Waals surface area contributed by atoms with Gasteiger partial charge in [0.1, 0.15) is 5.75 Å². The minimum absolute atomic E-state index is 0.0716. The van der Waals surface area contributed by atoms with Gasteiger partial charge < -0.3 is 20.4 Å². The first kappa shape index (κ1) is 21.9. The van der Waals surface area contributed by atoms with E-state index in [1.54, 1.807) is 12.1 Å². The Morgan fingerprint density at radius 2 is 1.84 bits per heavy atom. The molecule has 164 valence electrons. The van der Waals surface area contributed by atoms with E-state index in [9.17, 15) is 4.79 Å². The van der Waals surface area contributed by atoms with Crippen molar-refractivity contribution in [1.82, 2.24) is 10.3 Å². The second-order valence-corrected chi connectivity index (χ2v) is 8.18. The number of benzene rings is 3. The topological polar surface area (TPSA) is 66.2 Å². The van der Waals surface area contributed by atoms with Gasteiger partial charge in [-0.15, -0.1) is 0 Å². The van der Waals surface area contributed by atoms with Crippen LogP contribution in [0.1, 0.15) is 16.7 Å². The molecule has 4 aromatic rings. The number of aryl methyl sites for hydroxylation is 1. The number of H-pyrrole nitrogens is 1. The monoisotopic (exact) mass is 447 g/mol. The summed E-state index contributed by atoms with van der Waals surface area (Å²) in [7, 11) is 0. The third kappa shape index (κ3) is 5.69. The molecule has 0 spiro atoms. The van der Waals surface area contributed by atoms with Crippen LogP contribution in [0.2, 0.25) is 5.02 Å². The summed E-state index contributed by atoms with van der Waals surface area (Å²) < 4.78 is 5.79. The van der Waals surface area contributed by atoms with Gasteiger partial charge in [-0.1, -0.05) is 47.5 Å². The maximum Gasteiger partial charge on any atom is 0.262 e. The molecule has 0 atom stereocenters. The van der Waals surface area contributed by atoms with Crippen LogP contribution in [0.4, 0.5) is 5.69 Å². The highest BCUT2D eigenvalue weighted by molar-refractivity contribution is 6.30. The van der Waals surface area contributed by atoms with Crippen LogP contribution in [-0.2, 0) is 17.8 Å². The van der Waals surface area contributed by atoms with Crippen molar-refractivity contribution in [1.29, 1.82) is 0 Å². The molecule has 1 aromatic heterocycles. The fraction of sp³-hybridized carbons (Fsp3) is 0.192. The van der Waals surface area contributed by atoms with E-state index in [1.807, 2.05) is 43.3 Å². The Morgan fingerprint density at radius 3 is 2.69 bits per heavy atom. The molecule has 0 unspecified atom stereocenters. The molecule has 0 bridgehead atoms. The molecule has 0 radical (unpaired) electrons. The zero-order valence-electron chi connectivity index (χ0n) is 18.0. The number of amides is 1. The summed E-state index contributed by atoms with van der Waals surface area (Å²) in [4.78, 5) is 15.6. The Kier molecular flexibility index (Phi) is 7.10. The summed E-state index contributed by atoms with van der Waals surface area (Å²) in [5.74, 6) is 0.440. The molecule has 3 N–H and O–H groups in total. The number of halogens is 1. The van der Waals surface area contributed by atoms with Crippen molar-refractivity contribution in [2.24, 2.45) is 0 Å². The first-order valence-electron chi connectivity index (χ1n) is 10.6. The summed E-state index contributed by atoms with van der Waals surface area (Å²) in [6.07, 6.45) is 2.96. The Hall–Kier alpha value is -3.28. The van der Waals surface area contributed by atoms with Crippen LogP contribution in [0, 0.1) is 6.92 Å². The number of rotatable bonds is 9. The largest absolute Gasteiger partial charge is 0.483 e. The number of para-hydroxylation sites is 1. The Bertz CT molecular complexity index is 1200. The molecule has 1 amide bonds. The van der Waals surface area contributed by atoms with E-state index in [0.29, 0.717) is 17.3 Å². The van der Waals surface area contributed by atoms with E-state index in [1.165, 1.54) is 10.9 Å². The van der Waals surface area contributed by atoms with Gasteiger partial charge >= 0.3 is 0 Å². The molecule has 0 aliphatic heterocycles. The predicted molar refractivity (Wildman–Crippen MR) is 130 cm³/mol. The zero-order valence-corrected chi connectivity index (χ0v) is 18.7. The molecule has 32 heavy (non-hydrogen) atoms. The molecule has 0 saturated carbocycles. The third-order valence-electron chi connectivity index (χ3n) is 5.28. The Morgan fingerprint density at radius 1 is 1.03 bits per heavy atom. The minimum Gasteiger partial charge on any atom is -0.483 e. The van der Waals surface area contributed by atoms with Crippen molar-refractivity contribution in [2.45, 2.75) is 19.9 Å². The molecule has 0 saturated heterocycles. The van der Waals surface area contributed by atoms with Crippen molar-refractivity contribution in [3.8, 4) is 5.75 Å². The van der Waals surface area contributed by atoms with E-state index in [4.69, 9.17) is 16.3 Å². The van der Waals surface area contributed by atoms with Crippen molar-refractivity contribution < 1.29 is 9.53 Å². The molecule has 0 fully saturated rings. The lowest BCUT2D eigenvalue weighted by Crippen LogP contribution is -2.21. The van der Waals surface area contributed by atoms with Crippen LogP contribution in [0.25, 0.3) is 10.9 Å². The third-order valence-corrected chi connectivity index (χ3v) is 5.51. The molecule has 3 aromatic carbocycles. The zero-order chi connectivity index (χ0) is 22.3. The van der Waals surface area contributed by atoms with E-state index >= 15 is 0 Å². The average molecular weight is 448 g/mol. The lowest BCUT2D eigenvalue weighted by molar-refractivity contribution is -0.118. The molecule has 6 heteroatoms.